The van der Waals surface area contributed by atoms with Gasteiger partial charge < -0.3 is 4.57 Å². The molecule has 0 fully saturated rings. The average Bonchev–Trinajstić information content (AvgIpc) is 3.99. The smallest absolute Gasteiger partial charge is 0.164 e. The lowest BCUT2D eigenvalue weighted by Gasteiger charge is -2.16. The van der Waals surface area contributed by atoms with Gasteiger partial charge in [-0.25, -0.2) is 15.0 Å². The van der Waals surface area contributed by atoms with Crippen LogP contribution in [0.2, 0.25) is 0 Å². The van der Waals surface area contributed by atoms with E-state index in [-0.39, 0.29) is 0 Å². The van der Waals surface area contributed by atoms with E-state index in [9.17, 15) is 0 Å². The van der Waals surface area contributed by atoms with Crippen molar-refractivity contribution in [3.8, 4) is 39.9 Å². The molecule has 0 radical (unpaired) electrons. The monoisotopic (exact) mass is 786 g/mol. The van der Waals surface area contributed by atoms with Crippen molar-refractivity contribution >= 4 is 106 Å². The summed E-state index contributed by atoms with van der Waals surface area (Å²) in [6, 6.07) is 65.1. The summed E-state index contributed by atoms with van der Waals surface area (Å²) in [6.45, 7) is 0. The Labute approximate surface area is 345 Å². The predicted molar refractivity (Wildman–Crippen MR) is 251 cm³/mol. The largest absolute Gasteiger partial charge is 0.308 e. The van der Waals surface area contributed by atoms with Gasteiger partial charge in [0.05, 0.1) is 16.7 Å². The van der Waals surface area contributed by atoms with Crippen molar-refractivity contribution in [2.75, 3.05) is 0 Å². The maximum absolute atomic E-state index is 5.16. The fourth-order valence-electron chi connectivity index (χ4n) is 9.33. The summed E-state index contributed by atoms with van der Waals surface area (Å²) >= 11 is 3.80. The SMILES string of the molecule is c1ccc(-c2nc(-c3ccccc3)nc(-c3cccc4c(-n5c6ccccc6c6c7sc8ccccc8c7c7c(ccc8sc9ccccc9c87)c65)cccc34)n2)cc1. The molecule has 0 saturated heterocycles. The first kappa shape index (κ1) is 32.8. The topological polar surface area (TPSA) is 43.6 Å². The van der Waals surface area contributed by atoms with Crippen molar-refractivity contribution < 1.29 is 0 Å². The minimum Gasteiger partial charge on any atom is -0.308 e. The molecule has 274 valence electrons. The summed E-state index contributed by atoms with van der Waals surface area (Å²) in [5.41, 5.74) is 6.39. The Kier molecular flexibility index (Phi) is 7.02. The molecule has 9 aromatic carbocycles. The zero-order chi connectivity index (χ0) is 38.6. The third-order valence-electron chi connectivity index (χ3n) is 11.8. The second-order valence-electron chi connectivity index (χ2n) is 15.1. The normalized spacial score (nSPS) is 12.1. The van der Waals surface area contributed by atoms with Gasteiger partial charge in [-0.15, -0.1) is 22.7 Å². The molecule has 4 nitrogen and oxygen atoms in total. The van der Waals surface area contributed by atoms with Gasteiger partial charge in [-0.2, -0.15) is 0 Å². The first-order valence-corrected chi connectivity index (χ1v) is 21.4. The summed E-state index contributed by atoms with van der Waals surface area (Å²) in [5, 5.41) is 12.7. The number of hydrogen-bond donors (Lipinski definition) is 0. The van der Waals surface area contributed by atoms with Gasteiger partial charge in [0.2, 0.25) is 0 Å². The van der Waals surface area contributed by atoms with Crippen LogP contribution in [0, 0.1) is 0 Å². The molecule has 0 aliphatic carbocycles. The molecule has 0 bridgehead atoms. The van der Waals surface area contributed by atoms with Crippen LogP contribution in [0.3, 0.4) is 0 Å². The third kappa shape index (κ3) is 4.79. The van der Waals surface area contributed by atoms with Gasteiger partial charge in [-0.05, 0) is 35.7 Å². The highest BCUT2D eigenvalue weighted by atomic mass is 32.1. The molecule has 4 heterocycles. The highest BCUT2D eigenvalue weighted by Gasteiger charge is 2.25. The van der Waals surface area contributed by atoms with Crippen LogP contribution in [-0.4, -0.2) is 19.5 Å². The molecule has 0 atom stereocenters. The fourth-order valence-corrected chi connectivity index (χ4v) is 11.7. The molecular formula is C53H30N4S2. The Balaban J connectivity index is 1.16. The third-order valence-corrected chi connectivity index (χ3v) is 14.2. The standard InChI is InChI=1S/C53H30N4S2/c1-3-15-31(16-4-1)51-54-52(32-17-5-2-6-18-32)56-53(55-51)35-24-13-23-34-33(35)22-14-26-40(34)57-41-25-10-7-19-36(41)48-49(57)39-29-30-44-45(37-20-8-11-27-42(37)58-44)46(39)47-38-21-9-12-28-43(38)59-50(47)48/h1-30H. The van der Waals surface area contributed by atoms with Crippen molar-refractivity contribution in [2.45, 2.75) is 0 Å². The van der Waals surface area contributed by atoms with Gasteiger partial charge >= 0.3 is 0 Å². The summed E-state index contributed by atoms with van der Waals surface area (Å²) in [6.07, 6.45) is 0. The highest BCUT2D eigenvalue weighted by molar-refractivity contribution is 7.27. The number of hydrogen-bond acceptors (Lipinski definition) is 5. The van der Waals surface area contributed by atoms with Crippen LogP contribution in [0.4, 0.5) is 0 Å². The van der Waals surface area contributed by atoms with E-state index in [0.717, 1.165) is 33.2 Å². The minimum atomic E-state index is 0.645. The second kappa shape index (κ2) is 12.6. The average molecular weight is 787 g/mol. The van der Waals surface area contributed by atoms with Gasteiger partial charge in [0.15, 0.2) is 17.5 Å². The second-order valence-corrected chi connectivity index (χ2v) is 17.2. The van der Waals surface area contributed by atoms with Gasteiger partial charge in [0, 0.05) is 84.0 Å². The van der Waals surface area contributed by atoms with E-state index in [1.807, 2.05) is 59.1 Å². The van der Waals surface area contributed by atoms with Crippen LogP contribution in [-0.2, 0) is 0 Å². The molecule has 4 aromatic heterocycles. The summed E-state index contributed by atoms with van der Waals surface area (Å²) < 4.78 is 7.80. The highest BCUT2D eigenvalue weighted by Crippen LogP contribution is 2.52. The zero-order valence-electron chi connectivity index (χ0n) is 31.4. The van der Waals surface area contributed by atoms with E-state index in [2.05, 4.69) is 150 Å². The first-order chi connectivity index (χ1) is 29.3. The molecule has 6 heteroatoms. The molecule has 0 aliphatic heterocycles. The van der Waals surface area contributed by atoms with Gasteiger partial charge in [0.25, 0.3) is 0 Å². The molecular weight excluding hydrogens is 757 g/mol. The van der Waals surface area contributed by atoms with Gasteiger partial charge in [-0.3, -0.25) is 0 Å². The number of rotatable bonds is 4. The van der Waals surface area contributed by atoms with Crippen LogP contribution >= 0.6 is 22.7 Å². The van der Waals surface area contributed by atoms with Crippen LogP contribution < -0.4 is 0 Å². The fraction of sp³-hybridized carbons (Fsp3) is 0. The Morgan fingerprint density at radius 3 is 1.66 bits per heavy atom. The van der Waals surface area contributed by atoms with E-state index < -0.39 is 0 Å². The summed E-state index contributed by atoms with van der Waals surface area (Å²) in [4.78, 5) is 15.3. The maximum atomic E-state index is 5.16. The van der Waals surface area contributed by atoms with E-state index in [4.69, 9.17) is 15.0 Å². The van der Waals surface area contributed by atoms with Crippen molar-refractivity contribution in [1.82, 2.24) is 19.5 Å². The summed E-state index contributed by atoms with van der Waals surface area (Å²) in [5.74, 6) is 1.94. The Morgan fingerprint density at radius 1 is 0.339 bits per heavy atom. The molecule has 0 amide bonds. The van der Waals surface area contributed by atoms with E-state index >= 15 is 0 Å². The molecule has 59 heavy (non-hydrogen) atoms. The Morgan fingerprint density at radius 2 is 0.915 bits per heavy atom. The van der Waals surface area contributed by atoms with Gasteiger partial charge in [-0.1, -0.05) is 152 Å². The van der Waals surface area contributed by atoms with E-state index in [0.29, 0.717) is 17.5 Å². The number of fused-ring (bicyclic) bond motifs is 15. The number of thiophene rings is 2. The van der Waals surface area contributed by atoms with Crippen LogP contribution in [0.1, 0.15) is 0 Å². The van der Waals surface area contributed by atoms with Crippen molar-refractivity contribution in [3.05, 3.63) is 182 Å². The first-order valence-electron chi connectivity index (χ1n) is 19.8. The van der Waals surface area contributed by atoms with E-state index in [1.165, 1.54) is 72.9 Å². The maximum Gasteiger partial charge on any atom is 0.164 e. The molecule has 0 N–H and O–H groups in total. The number of para-hydroxylation sites is 1. The lowest BCUT2D eigenvalue weighted by molar-refractivity contribution is 1.08. The predicted octanol–water partition coefficient (Wildman–Crippen LogP) is 15.0. The molecule has 13 rings (SSSR count). The van der Waals surface area contributed by atoms with Crippen LogP contribution in [0.15, 0.2) is 182 Å². The zero-order valence-corrected chi connectivity index (χ0v) is 33.1. The number of benzene rings is 9. The van der Waals surface area contributed by atoms with Gasteiger partial charge in [0.1, 0.15) is 0 Å². The molecule has 0 saturated carbocycles. The molecule has 0 spiro atoms. The molecule has 0 aliphatic rings. The van der Waals surface area contributed by atoms with Crippen LogP contribution in [0.25, 0.3) is 124 Å². The lowest BCUT2D eigenvalue weighted by atomic mass is 9.96. The number of aromatic nitrogens is 4. The van der Waals surface area contributed by atoms with Crippen molar-refractivity contribution in [2.24, 2.45) is 0 Å². The van der Waals surface area contributed by atoms with Crippen molar-refractivity contribution in [3.63, 3.8) is 0 Å². The molecule has 13 aromatic rings. The Bertz CT molecular complexity index is 3790. The van der Waals surface area contributed by atoms with Crippen LogP contribution in [0.5, 0.6) is 0 Å². The lowest BCUT2D eigenvalue weighted by Crippen LogP contribution is -2.01. The number of nitrogens with zero attached hydrogens (tertiary/aromatic N) is 4. The van der Waals surface area contributed by atoms with E-state index in [1.54, 1.807) is 0 Å². The minimum absolute atomic E-state index is 0.645. The summed E-state index contributed by atoms with van der Waals surface area (Å²) in [7, 11) is 0. The quantitative estimate of drug-likeness (QED) is 0.178. The Hall–Kier alpha value is -7.25. The molecule has 0 unspecified atom stereocenters. The van der Waals surface area contributed by atoms with Crippen molar-refractivity contribution in [1.29, 1.82) is 0 Å².